The molecule has 2 rings (SSSR count). The fourth-order valence-corrected chi connectivity index (χ4v) is 16.6. The second kappa shape index (κ2) is 13.1. The molecule has 1 N–H and O–H groups in total. The minimum absolute atomic E-state index is 0.0658. The third kappa shape index (κ3) is 10.6. The summed E-state index contributed by atoms with van der Waals surface area (Å²) in [6, 6.07) is 20.8. The molecule has 0 saturated carbocycles. The van der Waals surface area contributed by atoms with Crippen LogP contribution in [0.2, 0.25) is 51.9 Å². The molecule has 0 spiro atoms. The largest absolute Gasteiger partial charge is 0.437 e. The van der Waals surface area contributed by atoms with Gasteiger partial charge in [0.05, 0.1) is 6.57 Å². The summed E-state index contributed by atoms with van der Waals surface area (Å²) in [5.74, 6) is -0.359. The fraction of sp³-hybridized carbons (Fsp3) is 0.357. The number of allylic oxidation sites excluding steroid dienone is 2. The van der Waals surface area contributed by atoms with E-state index in [9.17, 15) is 4.79 Å². The summed E-state index contributed by atoms with van der Waals surface area (Å²) in [5, 5.41) is 2.92. The average molecular weight is 537 g/mol. The summed E-state index contributed by atoms with van der Waals surface area (Å²) >= 11 is 0. The van der Waals surface area contributed by atoms with Crippen molar-refractivity contribution in [1.29, 1.82) is 0 Å². The van der Waals surface area contributed by atoms with E-state index in [2.05, 4.69) is 56.0 Å². The third-order valence-electron chi connectivity index (χ3n) is 5.07. The Morgan fingerprint density at radius 1 is 0.833 bits per heavy atom. The monoisotopic (exact) mass is 536 g/mol. The Bertz CT molecular complexity index is 1040. The highest BCUT2D eigenvalue weighted by Crippen LogP contribution is 2.26. The van der Waals surface area contributed by atoms with Crippen LogP contribution in [0.4, 0.5) is 0 Å². The predicted octanol–water partition coefficient (Wildman–Crippen LogP) is 7.20. The van der Waals surface area contributed by atoms with E-state index < -0.39 is 25.2 Å². The summed E-state index contributed by atoms with van der Waals surface area (Å²) in [7, 11) is -5.86. The van der Waals surface area contributed by atoms with Crippen molar-refractivity contribution in [3.8, 4) is 0 Å². The highest BCUT2D eigenvalue weighted by molar-refractivity contribution is 6.87. The Hall–Kier alpha value is -2.55. The average Bonchev–Trinajstić information content (AvgIpc) is 2.78. The minimum Gasteiger partial charge on any atom is -0.437 e. The van der Waals surface area contributed by atoms with Crippen molar-refractivity contribution in [2.75, 3.05) is 6.54 Å². The van der Waals surface area contributed by atoms with Crippen LogP contribution in [-0.2, 0) is 13.0 Å². The van der Waals surface area contributed by atoms with E-state index in [0.717, 1.165) is 29.2 Å². The van der Waals surface area contributed by atoms with Gasteiger partial charge in [-0.3, -0.25) is 4.79 Å². The Labute approximate surface area is 220 Å². The Balaban J connectivity index is 2.10. The van der Waals surface area contributed by atoms with Gasteiger partial charge in [0.15, 0.2) is 16.6 Å². The fourth-order valence-electron chi connectivity index (χ4n) is 4.04. The lowest BCUT2D eigenvalue weighted by atomic mass is 9.97. The Morgan fingerprint density at radius 3 is 1.72 bits per heavy atom. The van der Waals surface area contributed by atoms with Gasteiger partial charge in [-0.1, -0.05) is 72.8 Å². The van der Waals surface area contributed by atoms with Gasteiger partial charge in [-0.05, 0) is 75.0 Å². The molecule has 0 heterocycles. The SMILES string of the molecule is [C-]#[N+]C(=CC=C(c1ccccc1)c1ccccc1)C(=O)NCCC[Si](C)(O[Si](C)(C)C)O[Si](C)(C)C. The number of carbonyl (C=O) groups excluding carboxylic acids is 1. The van der Waals surface area contributed by atoms with E-state index in [0.29, 0.717) is 6.54 Å². The van der Waals surface area contributed by atoms with Gasteiger partial charge in [-0.2, -0.15) is 0 Å². The van der Waals surface area contributed by atoms with E-state index in [1.807, 2.05) is 66.7 Å². The highest BCUT2D eigenvalue weighted by atomic mass is 28.5. The van der Waals surface area contributed by atoms with Gasteiger partial charge in [0.1, 0.15) is 0 Å². The highest BCUT2D eigenvalue weighted by Gasteiger charge is 2.39. The molecule has 0 radical (unpaired) electrons. The number of benzene rings is 2. The van der Waals surface area contributed by atoms with E-state index in [-0.39, 0.29) is 11.6 Å². The molecule has 0 aliphatic carbocycles. The van der Waals surface area contributed by atoms with Crippen molar-refractivity contribution in [1.82, 2.24) is 5.32 Å². The van der Waals surface area contributed by atoms with E-state index in [1.165, 1.54) is 0 Å². The van der Waals surface area contributed by atoms with Crippen molar-refractivity contribution in [2.45, 2.75) is 58.3 Å². The second-order valence-corrected chi connectivity index (χ2v) is 23.7. The summed E-state index contributed by atoms with van der Waals surface area (Å²) in [4.78, 5) is 16.3. The summed E-state index contributed by atoms with van der Waals surface area (Å²) < 4.78 is 13.1. The molecular weight excluding hydrogens is 497 g/mol. The molecule has 0 aliphatic rings. The predicted molar refractivity (Wildman–Crippen MR) is 158 cm³/mol. The Morgan fingerprint density at radius 2 is 1.31 bits per heavy atom. The van der Waals surface area contributed by atoms with Crippen LogP contribution in [0, 0.1) is 6.57 Å². The van der Waals surface area contributed by atoms with Gasteiger partial charge in [-0.15, -0.1) is 0 Å². The zero-order valence-corrected chi connectivity index (χ0v) is 25.7. The van der Waals surface area contributed by atoms with Gasteiger partial charge in [0.25, 0.3) is 0 Å². The van der Waals surface area contributed by atoms with Crippen molar-refractivity contribution in [3.63, 3.8) is 0 Å². The van der Waals surface area contributed by atoms with Crippen LogP contribution < -0.4 is 5.32 Å². The van der Waals surface area contributed by atoms with Crippen molar-refractivity contribution in [2.24, 2.45) is 0 Å². The normalized spacial score (nSPS) is 12.6. The molecule has 0 saturated heterocycles. The van der Waals surface area contributed by atoms with Crippen LogP contribution in [0.5, 0.6) is 0 Å². The summed E-state index contributed by atoms with van der Waals surface area (Å²) in [5.41, 5.74) is 3.08. The lowest BCUT2D eigenvalue weighted by Crippen LogP contribution is -2.52. The molecule has 0 fully saturated rings. The first-order valence-electron chi connectivity index (χ1n) is 12.4. The van der Waals surface area contributed by atoms with Crippen LogP contribution in [0.1, 0.15) is 17.5 Å². The number of rotatable bonds is 12. The Kier molecular flexibility index (Phi) is 10.8. The maximum absolute atomic E-state index is 12.8. The molecule has 8 heteroatoms. The molecule has 0 unspecified atom stereocenters. The minimum atomic E-state index is -2.35. The van der Waals surface area contributed by atoms with E-state index in [4.69, 9.17) is 14.8 Å². The van der Waals surface area contributed by atoms with Crippen LogP contribution in [-0.4, -0.2) is 37.6 Å². The van der Waals surface area contributed by atoms with Crippen LogP contribution >= 0.6 is 0 Å². The van der Waals surface area contributed by atoms with E-state index in [1.54, 1.807) is 6.08 Å². The van der Waals surface area contributed by atoms with Gasteiger partial charge in [0, 0.05) is 6.54 Å². The van der Waals surface area contributed by atoms with Crippen LogP contribution in [0.3, 0.4) is 0 Å². The topological polar surface area (TPSA) is 51.9 Å². The zero-order valence-electron chi connectivity index (χ0n) is 22.7. The number of nitrogens with zero attached hydrogens (tertiary/aromatic N) is 1. The molecule has 2 aromatic rings. The standard InChI is InChI=1S/C28H40N2O3Si3/c1-29-27(21-20-26(24-16-11-9-12-17-24)25-18-13-10-14-19-25)28(31)30-22-15-23-36(8,32-34(2,3)4)33-35(5,6)7/h9-14,16-21H,15,22-23H2,2-8H3,(H,30,31). The smallest absolute Gasteiger partial charge is 0.314 e. The molecule has 1 amide bonds. The number of carbonyl (C=O) groups is 1. The molecular formula is C28H40N2O3Si3. The lowest BCUT2D eigenvalue weighted by molar-refractivity contribution is -0.117. The summed E-state index contributed by atoms with van der Waals surface area (Å²) in [6.07, 6.45) is 4.22. The first kappa shape index (κ1) is 29.7. The molecule has 2 aromatic carbocycles. The molecule has 0 aliphatic heterocycles. The van der Waals surface area contributed by atoms with Gasteiger partial charge < -0.3 is 13.5 Å². The van der Waals surface area contributed by atoms with Crippen molar-refractivity contribution >= 4 is 36.7 Å². The van der Waals surface area contributed by atoms with Gasteiger partial charge in [0.2, 0.25) is 11.6 Å². The van der Waals surface area contributed by atoms with Gasteiger partial charge in [-0.25, -0.2) is 4.85 Å². The first-order chi connectivity index (χ1) is 16.8. The zero-order chi connectivity index (χ0) is 26.8. The number of amides is 1. The van der Waals surface area contributed by atoms with Crippen LogP contribution in [0.25, 0.3) is 10.4 Å². The lowest BCUT2D eigenvalue weighted by Gasteiger charge is -2.38. The van der Waals surface area contributed by atoms with E-state index >= 15 is 0 Å². The molecule has 36 heavy (non-hydrogen) atoms. The number of hydrogen-bond acceptors (Lipinski definition) is 3. The van der Waals surface area contributed by atoms with Crippen LogP contribution in [0.15, 0.2) is 78.5 Å². The first-order valence-corrected chi connectivity index (χ1v) is 21.7. The molecule has 5 nitrogen and oxygen atoms in total. The van der Waals surface area contributed by atoms with Crippen molar-refractivity contribution < 1.29 is 13.0 Å². The maximum Gasteiger partial charge on any atom is 0.314 e. The van der Waals surface area contributed by atoms with Gasteiger partial charge >= 0.3 is 8.56 Å². The number of nitrogens with one attached hydrogen (secondary N) is 1. The quantitative estimate of drug-likeness (QED) is 0.103. The maximum atomic E-state index is 12.8. The summed E-state index contributed by atoms with van der Waals surface area (Å²) in [6.45, 7) is 23.3. The molecule has 0 aromatic heterocycles. The number of hydrogen-bond donors (Lipinski definition) is 1. The molecule has 0 atom stereocenters. The molecule has 192 valence electrons. The third-order valence-corrected chi connectivity index (χ3v) is 14.7. The van der Waals surface area contributed by atoms with Crippen molar-refractivity contribution in [3.05, 3.63) is 101 Å². The second-order valence-electron chi connectivity index (χ2n) is 10.9. The molecule has 0 bridgehead atoms.